The van der Waals surface area contributed by atoms with E-state index in [4.69, 9.17) is 5.11 Å². The molecular formula is C13H17NO3S. The third-order valence-electron chi connectivity index (χ3n) is 2.25. The highest BCUT2D eigenvalue weighted by molar-refractivity contribution is 8.00. The Hall–Kier alpha value is -1.49. The van der Waals surface area contributed by atoms with Gasteiger partial charge in [0.1, 0.15) is 0 Å². The zero-order valence-electron chi connectivity index (χ0n) is 10.1. The van der Waals surface area contributed by atoms with Crippen molar-refractivity contribution in [2.45, 2.75) is 24.2 Å². The Morgan fingerprint density at radius 2 is 1.89 bits per heavy atom. The normalized spacial score (nSPS) is 10.0. The molecule has 0 bridgehead atoms. The summed E-state index contributed by atoms with van der Waals surface area (Å²) in [6.45, 7) is 0.543. The molecule has 1 aromatic carbocycles. The number of carboxylic acid groups (broad SMARTS) is 1. The predicted octanol–water partition coefficient (Wildman–Crippen LogP) is 2.15. The molecule has 0 fully saturated rings. The van der Waals surface area contributed by atoms with Crippen LogP contribution in [-0.2, 0) is 9.59 Å². The van der Waals surface area contributed by atoms with Gasteiger partial charge in [0, 0.05) is 17.9 Å². The van der Waals surface area contributed by atoms with Crippen LogP contribution < -0.4 is 5.32 Å². The monoisotopic (exact) mass is 267 g/mol. The van der Waals surface area contributed by atoms with E-state index in [1.807, 2.05) is 30.3 Å². The van der Waals surface area contributed by atoms with E-state index >= 15 is 0 Å². The average Bonchev–Trinajstić information content (AvgIpc) is 2.37. The SMILES string of the molecule is O=C(O)CCCCNC(=O)CSc1ccccc1. The minimum absolute atomic E-state index is 0.0146. The molecule has 98 valence electrons. The molecule has 0 radical (unpaired) electrons. The van der Waals surface area contributed by atoms with Gasteiger partial charge >= 0.3 is 5.97 Å². The number of hydrogen-bond donors (Lipinski definition) is 2. The third-order valence-corrected chi connectivity index (χ3v) is 3.26. The fraction of sp³-hybridized carbons (Fsp3) is 0.385. The average molecular weight is 267 g/mol. The summed E-state index contributed by atoms with van der Waals surface area (Å²) in [4.78, 5) is 22.8. The quantitative estimate of drug-likeness (QED) is 0.559. The number of aliphatic carboxylic acids is 1. The number of nitrogens with one attached hydrogen (secondary N) is 1. The Labute approximate surface area is 111 Å². The molecule has 18 heavy (non-hydrogen) atoms. The molecule has 0 heterocycles. The number of carbonyl (C=O) groups excluding carboxylic acids is 1. The van der Waals surface area contributed by atoms with Gasteiger partial charge in [-0.3, -0.25) is 9.59 Å². The van der Waals surface area contributed by atoms with Gasteiger partial charge in [-0.2, -0.15) is 0 Å². The molecule has 0 aliphatic heterocycles. The summed E-state index contributed by atoms with van der Waals surface area (Å²) < 4.78 is 0. The second-order valence-corrected chi connectivity index (χ2v) is 4.85. The topological polar surface area (TPSA) is 66.4 Å². The number of amides is 1. The molecule has 0 atom stereocenters. The maximum absolute atomic E-state index is 11.5. The fourth-order valence-electron chi connectivity index (χ4n) is 1.35. The van der Waals surface area contributed by atoms with Crippen LogP contribution in [0.3, 0.4) is 0 Å². The summed E-state index contributed by atoms with van der Waals surface area (Å²) in [5, 5.41) is 11.2. The Kier molecular flexibility index (Phi) is 6.94. The van der Waals surface area contributed by atoms with E-state index in [0.717, 1.165) is 4.90 Å². The van der Waals surface area contributed by atoms with Crippen molar-refractivity contribution in [2.24, 2.45) is 0 Å². The van der Waals surface area contributed by atoms with Crippen molar-refractivity contribution in [1.82, 2.24) is 5.32 Å². The van der Waals surface area contributed by atoms with Gasteiger partial charge in [0.05, 0.1) is 5.75 Å². The van der Waals surface area contributed by atoms with Gasteiger partial charge in [-0.05, 0) is 25.0 Å². The number of thioether (sulfide) groups is 1. The van der Waals surface area contributed by atoms with Crippen LogP contribution in [-0.4, -0.2) is 29.3 Å². The Morgan fingerprint density at radius 1 is 1.17 bits per heavy atom. The molecule has 0 unspecified atom stereocenters. The van der Waals surface area contributed by atoms with Crippen LogP contribution in [0, 0.1) is 0 Å². The van der Waals surface area contributed by atoms with Crippen LogP contribution in [0.1, 0.15) is 19.3 Å². The number of carboxylic acids is 1. The van der Waals surface area contributed by atoms with Crippen LogP contribution in [0.5, 0.6) is 0 Å². The van der Waals surface area contributed by atoms with E-state index in [9.17, 15) is 9.59 Å². The van der Waals surface area contributed by atoms with E-state index in [-0.39, 0.29) is 12.3 Å². The first-order chi connectivity index (χ1) is 8.68. The summed E-state index contributed by atoms with van der Waals surface area (Å²) in [5.41, 5.74) is 0. The highest BCUT2D eigenvalue weighted by Crippen LogP contribution is 2.16. The van der Waals surface area contributed by atoms with Gasteiger partial charge in [-0.25, -0.2) is 0 Å². The molecule has 0 aliphatic carbocycles. The summed E-state index contributed by atoms with van der Waals surface area (Å²) >= 11 is 1.49. The molecule has 0 spiro atoms. The van der Waals surface area contributed by atoms with Gasteiger partial charge in [0.25, 0.3) is 0 Å². The van der Waals surface area contributed by atoms with Gasteiger partial charge in [0.15, 0.2) is 0 Å². The Balaban J connectivity index is 2.06. The van der Waals surface area contributed by atoms with E-state index < -0.39 is 5.97 Å². The zero-order chi connectivity index (χ0) is 13.2. The molecular weight excluding hydrogens is 250 g/mol. The highest BCUT2D eigenvalue weighted by atomic mass is 32.2. The number of unbranched alkanes of at least 4 members (excludes halogenated alkanes) is 1. The maximum atomic E-state index is 11.5. The third kappa shape index (κ3) is 6.96. The first-order valence-corrected chi connectivity index (χ1v) is 6.83. The number of carbonyl (C=O) groups is 2. The smallest absolute Gasteiger partial charge is 0.303 e. The van der Waals surface area contributed by atoms with E-state index in [0.29, 0.717) is 25.1 Å². The second kappa shape index (κ2) is 8.58. The van der Waals surface area contributed by atoms with Crippen LogP contribution in [0.4, 0.5) is 0 Å². The van der Waals surface area contributed by atoms with Crippen LogP contribution in [0.15, 0.2) is 35.2 Å². The predicted molar refractivity (Wildman–Crippen MR) is 71.7 cm³/mol. The lowest BCUT2D eigenvalue weighted by Gasteiger charge is -2.04. The van der Waals surface area contributed by atoms with Crippen LogP contribution in [0.2, 0.25) is 0 Å². The molecule has 0 aliphatic rings. The number of rotatable bonds is 8. The van der Waals surface area contributed by atoms with E-state index in [1.165, 1.54) is 11.8 Å². The van der Waals surface area contributed by atoms with Crippen molar-refractivity contribution >= 4 is 23.6 Å². The van der Waals surface area contributed by atoms with Crippen molar-refractivity contribution in [3.8, 4) is 0 Å². The lowest BCUT2D eigenvalue weighted by atomic mass is 10.2. The van der Waals surface area contributed by atoms with Gasteiger partial charge in [-0.1, -0.05) is 18.2 Å². The maximum Gasteiger partial charge on any atom is 0.303 e. The minimum Gasteiger partial charge on any atom is -0.481 e. The first kappa shape index (κ1) is 14.6. The Morgan fingerprint density at radius 3 is 2.56 bits per heavy atom. The van der Waals surface area contributed by atoms with Crippen molar-refractivity contribution in [3.63, 3.8) is 0 Å². The molecule has 0 saturated heterocycles. The van der Waals surface area contributed by atoms with Crippen molar-refractivity contribution in [2.75, 3.05) is 12.3 Å². The van der Waals surface area contributed by atoms with E-state index in [2.05, 4.69) is 5.32 Å². The first-order valence-electron chi connectivity index (χ1n) is 5.85. The van der Waals surface area contributed by atoms with Gasteiger partial charge in [-0.15, -0.1) is 11.8 Å². The van der Waals surface area contributed by atoms with Gasteiger partial charge < -0.3 is 10.4 Å². The lowest BCUT2D eigenvalue weighted by Crippen LogP contribution is -2.26. The summed E-state index contributed by atoms with van der Waals surface area (Å²) in [6, 6.07) is 9.74. The molecule has 0 saturated carbocycles. The lowest BCUT2D eigenvalue weighted by molar-refractivity contribution is -0.137. The zero-order valence-corrected chi connectivity index (χ0v) is 10.9. The minimum atomic E-state index is -0.791. The molecule has 0 aromatic heterocycles. The van der Waals surface area contributed by atoms with Crippen molar-refractivity contribution in [1.29, 1.82) is 0 Å². The molecule has 5 heteroatoms. The van der Waals surface area contributed by atoms with E-state index in [1.54, 1.807) is 0 Å². The molecule has 1 amide bonds. The second-order valence-electron chi connectivity index (χ2n) is 3.80. The molecule has 1 aromatic rings. The number of hydrogen-bond acceptors (Lipinski definition) is 3. The standard InChI is InChI=1S/C13H17NO3S/c15-12(14-9-5-4-8-13(16)17)10-18-11-6-2-1-3-7-11/h1-3,6-7H,4-5,8-10H2,(H,14,15)(H,16,17). The summed E-state index contributed by atoms with van der Waals surface area (Å²) in [5.74, 6) is -0.414. The summed E-state index contributed by atoms with van der Waals surface area (Å²) in [6.07, 6.45) is 1.46. The molecule has 1 rings (SSSR count). The van der Waals surface area contributed by atoms with Crippen molar-refractivity contribution in [3.05, 3.63) is 30.3 Å². The van der Waals surface area contributed by atoms with Crippen LogP contribution >= 0.6 is 11.8 Å². The van der Waals surface area contributed by atoms with Gasteiger partial charge in [0.2, 0.25) is 5.91 Å². The fourth-order valence-corrected chi connectivity index (χ4v) is 2.10. The molecule has 4 nitrogen and oxygen atoms in total. The number of benzene rings is 1. The van der Waals surface area contributed by atoms with Crippen molar-refractivity contribution < 1.29 is 14.7 Å². The summed E-state index contributed by atoms with van der Waals surface area (Å²) in [7, 11) is 0. The Bertz CT molecular complexity index is 381. The van der Waals surface area contributed by atoms with Crippen LogP contribution in [0.25, 0.3) is 0 Å². The molecule has 2 N–H and O–H groups in total. The highest BCUT2D eigenvalue weighted by Gasteiger charge is 2.02. The largest absolute Gasteiger partial charge is 0.481 e.